The fourth-order valence-electron chi connectivity index (χ4n) is 1.35. The second-order valence-corrected chi connectivity index (χ2v) is 3.41. The molecule has 1 rings (SSSR count). The van der Waals surface area contributed by atoms with E-state index in [0.717, 1.165) is 12.1 Å². The minimum atomic E-state index is -4.30. The fourth-order valence-corrected chi connectivity index (χ4v) is 1.35. The molecule has 1 N–H and O–H groups in total. The van der Waals surface area contributed by atoms with E-state index in [0.29, 0.717) is 12.0 Å². The summed E-state index contributed by atoms with van der Waals surface area (Å²) in [4.78, 5) is 0. The summed E-state index contributed by atoms with van der Waals surface area (Å²) in [6.07, 6.45) is 1.30. The highest BCUT2D eigenvalue weighted by atomic mass is 19.4. The van der Waals surface area contributed by atoms with Gasteiger partial charge in [0.2, 0.25) is 0 Å². The molecule has 0 aliphatic heterocycles. The van der Waals surface area contributed by atoms with Gasteiger partial charge in [0.25, 0.3) is 0 Å². The maximum absolute atomic E-state index is 12.4. The van der Waals surface area contributed by atoms with Crippen molar-refractivity contribution in [2.24, 2.45) is 0 Å². The van der Waals surface area contributed by atoms with E-state index >= 15 is 0 Å². The average Bonchev–Trinajstić information content (AvgIpc) is 2.25. The summed E-state index contributed by atoms with van der Waals surface area (Å²) in [5, 5.41) is 2.84. The molecule has 0 saturated carbocycles. The SMILES string of the molecule is C#CC(Cc1cccc(C(F)(F)F)c1)NC. The first-order chi connectivity index (χ1) is 7.47. The van der Waals surface area contributed by atoms with E-state index in [-0.39, 0.29) is 6.04 Å². The van der Waals surface area contributed by atoms with Gasteiger partial charge in [-0.25, -0.2) is 0 Å². The van der Waals surface area contributed by atoms with E-state index in [1.165, 1.54) is 6.07 Å². The quantitative estimate of drug-likeness (QED) is 0.782. The van der Waals surface area contributed by atoms with Crippen molar-refractivity contribution in [1.82, 2.24) is 5.32 Å². The van der Waals surface area contributed by atoms with Crippen LogP contribution in [-0.2, 0) is 12.6 Å². The summed E-state index contributed by atoms with van der Waals surface area (Å²) in [5.74, 6) is 2.47. The van der Waals surface area contributed by atoms with Crippen molar-refractivity contribution in [3.05, 3.63) is 35.4 Å². The van der Waals surface area contributed by atoms with E-state index in [4.69, 9.17) is 6.42 Å². The zero-order valence-corrected chi connectivity index (χ0v) is 8.81. The Bertz CT molecular complexity index is 390. The summed E-state index contributed by atoms with van der Waals surface area (Å²) in [6.45, 7) is 0. The first-order valence-corrected chi connectivity index (χ1v) is 4.77. The maximum Gasteiger partial charge on any atom is 0.416 e. The van der Waals surface area contributed by atoms with E-state index in [9.17, 15) is 13.2 Å². The summed E-state index contributed by atoms with van der Waals surface area (Å²) in [5.41, 5.74) is -0.0657. The topological polar surface area (TPSA) is 12.0 Å². The third-order valence-corrected chi connectivity index (χ3v) is 2.24. The van der Waals surface area contributed by atoms with Crippen molar-refractivity contribution < 1.29 is 13.2 Å². The van der Waals surface area contributed by atoms with Crippen LogP contribution >= 0.6 is 0 Å². The molecule has 0 aromatic heterocycles. The Morgan fingerprint density at radius 3 is 2.62 bits per heavy atom. The number of hydrogen-bond acceptors (Lipinski definition) is 1. The molecule has 86 valence electrons. The van der Waals surface area contributed by atoms with Gasteiger partial charge in [-0.1, -0.05) is 24.1 Å². The van der Waals surface area contributed by atoms with Gasteiger partial charge in [-0.05, 0) is 25.1 Å². The Kier molecular flexibility index (Phi) is 3.97. The van der Waals surface area contributed by atoms with Crippen LogP contribution in [0.2, 0.25) is 0 Å². The predicted molar refractivity (Wildman–Crippen MR) is 56.8 cm³/mol. The molecule has 1 aromatic rings. The fraction of sp³-hybridized carbons (Fsp3) is 0.333. The van der Waals surface area contributed by atoms with Gasteiger partial charge in [0.15, 0.2) is 0 Å². The van der Waals surface area contributed by atoms with Crippen LogP contribution in [0.15, 0.2) is 24.3 Å². The third kappa shape index (κ3) is 3.28. The van der Waals surface area contributed by atoms with E-state index in [1.54, 1.807) is 13.1 Å². The zero-order chi connectivity index (χ0) is 12.2. The van der Waals surface area contributed by atoms with Crippen molar-refractivity contribution in [1.29, 1.82) is 0 Å². The Hall–Kier alpha value is -1.47. The normalized spacial score (nSPS) is 13.2. The number of hydrogen-bond donors (Lipinski definition) is 1. The smallest absolute Gasteiger partial charge is 0.306 e. The molecule has 0 amide bonds. The van der Waals surface area contributed by atoms with Gasteiger partial charge in [0, 0.05) is 0 Å². The van der Waals surface area contributed by atoms with Crippen LogP contribution in [0.5, 0.6) is 0 Å². The number of rotatable bonds is 3. The number of benzene rings is 1. The number of likely N-dealkylation sites (N-methyl/N-ethyl adjacent to an activating group) is 1. The molecule has 0 fully saturated rings. The molecule has 0 aliphatic carbocycles. The van der Waals surface area contributed by atoms with Gasteiger partial charge in [0.1, 0.15) is 0 Å². The van der Waals surface area contributed by atoms with Crippen molar-refractivity contribution in [3.8, 4) is 12.3 Å². The van der Waals surface area contributed by atoms with Crippen LogP contribution in [-0.4, -0.2) is 13.1 Å². The number of terminal acetylenes is 1. The second-order valence-electron chi connectivity index (χ2n) is 3.41. The average molecular weight is 227 g/mol. The molecular formula is C12H12F3N. The van der Waals surface area contributed by atoms with Gasteiger partial charge < -0.3 is 5.32 Å². The maximum atomic E-state index is 12.4. The van der Waals surface area contributed by atoms with Crippen LogP contribution in [0.1, 0.15) is 11.1 Å². The lowest BCUT2D eigenvalue weighted by Gasteiger charge is -2.11. The highest BCUT2D eigenvalue weighted by molar-refractivity contribution is 5.27. The summed E-state index contributed by atoms with van der Waals surface area (Å²) in [6, 6.07) is 4.96. The number of halogens is 3. The molecule has 0 bridgehead atoms. The molecular weight excluding hydrogens is 215 g/mol. The molecule has 1 nitrogen and oxygen atoms in total. The highest BCUT2D eigenvalue weighted by Gasteiger charge is 2.30. The van der Waals surface area contributed by atoms with Gasteiger partial charge >= 0.3 is 6.18 Å². The number of nitrogens with one attached hydrogen (secondary N) is 1. The summed E-state index contributed by atoms with van der Waals surface area (Å²) >= 11 is 0. The highest BCUT2D eigenvalue weighted by Crippen LogP contribution is 2.29. The Morgan fingerprint density at radius 1 is 1.44 bits per heavy atom. The molecule has 1 atom stereocenters. The van der Waals surface area contributed by atoms with Crippen molar-refractivity contribution in [2.45, 2.75) is 18.6 Å². The van der Waals surface area contributed by atoms with Gasteiger partial charge in [-0.15, -0.1) is 6.42 Å². The predicted octanol–water partition coefficient (Wildman–Crippen LogP) is 2.47. The molecule has 0 spiro atoms. The monoisotopic (exact) mass is 227 g/mol. The molecule has 1 aromatic carbocycles. The Labute approximate surface area is 92.7 Å². The first kappa shape index (κ1) is 12.6. The Morgan fingerprint density at radius 2 is 2.12 bits per heavy atom. The van der Waals surface area contributed by atoms with Crippen molar-refractivity contribution >= 4 is 0 Å². The van der Waals surface area contributed by atoms with Crippen LogP contribution < -0.4 is 5.32 Å². The van der Waals surface area contributed by atoms with E-state index < -0.39 is 11.7 Å². The van der Waals surface area contributed by atoms with Crippen LogP contribution in [0.3, 0.4) is 0 Å². The molecule has 16 heavy (non-hydrogen) atoms. The van der Waals surface area contributed by atoms with Crippen LogP contribution in [0.25, 0.3) is 0 Å². The molecule has 0 aliphatic rings. The molecule has 0 saturated heterocycles. The molecule has 4 heteroatoms. The zero-order valence-electron chi connectivity index (χ0n) is 8.81. The molecule has 0 heterocycles. The standard InChI is InChI=1S/C12H12F3N/c1-3-11(16-2)8-9-5-4-6-10(7-9)12(13,14)15/h1,4-7,11,16H,8H2,2H3. The first-order valence-electron chi connectivity index (χ1n) is 4.77. The second kappa shape index (κ2) is 5.04. The molecule has 0 radical (unpaired) electrons. The minimum absolute atomic E-state index is 0.247. The van der Waals surface area contributed by atoms with Crippen LogP contribution in [0, 0.1) is 12.3 Å². The largest absolute Gasteiger partial charge is 0.416 e. The lowest BCUT2D eigenvalue weighted by molar-refractivity contribution is -0.137. The van der Waals surface area contributed by atoms with Gasteiger partial charge in [-0.3, -0.25) is 0 Å². The minimum Gasteiger partial charge on any atom is -0.306 e. The molecule has 1 unspecified atom stereocenters. The lowest BCUT2D eigenvalue weighted by atomic mass is 10.0. The van der Waals surface area contributed by atoms with Gasteiger partial charge in [-0.2, -0.15) is 13.2 Å². The summed E-state index contributed by atoms with van der Waals surface area (Å²) < 4.78 is 37.2. The number of alkyl halides is 3. The van der Waals surface area contributed by atoms with E-state index in [2.05, 4.69) is 11.2 Å². The van der Waals surface area contributed by atoms with Crippen molar-refractivity contribution in [3.63, 3.8) is 0 Å². The lowest BCUT2D eigenvalue weighted by Crippen LogP contribution is -2.25. The van der Waals surface area contributed by atoms with Crippen molar-refractivity contribution in [2.75, 3.05) is 7.05 Å². The summed E-state index contributed by atoms with van der Waals surface area (Å²) in [7, 11) is 1.68. The van der Waals surface area contributed by atoms with Crippen LogP contribution in [0.4, 0.5) is 13.2 Å². The Balaban J connectivity index is 2.88. The van der Waals surface area contributed by atoms with Gasteiger partial charge in [0.05, 0.1) is 11.6 Å². The third-order valence-electron chi connectivity index (χ3n) is 2.24. The van der Waals surface area contributed by atoms with E-state index in [1.807, 2.05) is 0 Å².